The van der Waals surface area contributed by atoms with Gasteiger partial charge in [-0.25, -0.2) is 13.6 Å². The molecule has 1 aliphatic carbocycles. The first-order valence-corrected chi connectivity index (χ1v) is 11.6. The molecule has 0 radical (unpaired) electrons. The molecule has 3 rings (SSSR count). The van der Waals surface area contributed by atoms with Crippen LogP contribution in [0.1, 0.15) is 40.5 Å². The zero-order chi connectivity index (χ0) is 24.2. The number of hydrogen-bond acceptors (Lipinski definition) is 5. The van der Waals surface area contributed by atoms with Gasteiger partial charge in [-0.1, -0.05) is 12.2 Å². The van der Waals surface area contributed by atoms with Gasteiger partial charge in [0.25, 0.3) is 11.8 Å². The fourth-order valence-electron chi connectivity index (χ4n) is 4.11. The average molecular weight is 467 g/mol. The van der Waals surface area contributed by atoms with Crippen LogP contribution in [0.2, 0.25) is 0 Å². The number of ether oxygens (including phenoxy) is 1. The van der Waals surface area contributed by atoms with Crippen LogP contribution in [0.15, 0.2) is 35.1 Å². The zero-order valence-corrected chi connectivity index (χ0v) is 20.0. The lowest BCUT2D eigenvalue weighted by Crippen LogP contribution is -2.54. The summed E-state index contributed by atoms with van der Waals surface area (Å²) in [5, 5.41) is 6.17. The molecule has 2 fully saturated rings. The molecule has 0 atom stereocenters. The van der Waals surface area contributed by atoms with E-state index in [0.29, 0.717) is 44.2 Å². The van der Waals surface area contributed by atoms with Gasteiger partial charge in [0.15, 0.2) is 0 Å². The summed E-state index contributed by atoms with van der Waals surface area (Å²) in [6.07, 6.45) is 6.04. The lowest BCUT2D eigenvalue weighted by atomic mass is 9.93. The third kappa shape index (κ3) is 7.28. The third-order valence-corrected chi connectivity index (χ3v) is 6.01. The monoisotopic (exact) mass is 466 g/mol. The van der Waals surface area contributed by atoms with Crippen molar-refractivity contribution in [3.05, 3.63) is 35.1 Å². The molecular weight excluding hydrogens is 430 g/mol. The van der Waals surface area contributed by atoms with Crippen molar-refractivity contribution in [2.45, 2.75) is 52.1 Å². The summed E-state index contributed by atoms with van der Waals surface area (Å²) in [4.78, 5) is 28.0. The van der Waals surface area contributed by atoms with Gasteiger partial charge in [-0.3, -0.25) is 9.69 Å². The minimum Gasteiger partial charge on any atom is -0.444 e. The number of hydrogen-bond donors (Lipinski definition) is 2. The van der Waals surface area contributed by atoms with E-state index in [2.05, 4.69) is 10.6 Å². The van der Waals surface area contributed by atoms with Gasteiger partial charge in [-0.05, 0) is 45.3 Å². The summed E-state index contributed by atoms with van der Waals surface area (Å²) >= 11 is 0. The summed E-state index contributed by atoms with van der Waals surface area (Å²) in [5.74, 6) is -2.44. The summed E-state index contributed by atoms with van der Waals surface area (Å²) in [6, 6.07) is 0. The highest BCUT2D eigenvalue weighted by atomic mass is 19.3. The summed E-state index contributed by atoms with van der Waals surface area (Å²) < 4.78 is 31.9. The second kappa shape index (κ2) is 10.2. The van der Waals surface area contributed by atoms with Crippen LogP contribution < -0.4 is 10.6 Å². The lowest BCUT2D eigenvalue weighted by molar-refractivity contribution is -0.117. The molecule has 0 unspecified atom stereocenters. The highest BCUT2D eigenvalue weighted by Gasteiger charge is 2.37. The molecule has 2 saturated heterocycles. The number of rotatable bonds is 7. The maximum absolute atomic E-state index is 13.3. The van der Waals surface area contributed by atoms with Crippen LogP contribution in [-0.4, -0.2) is 79.1 Å². The Hall–Kier alpha value is -2.42. The number of carbonyl (C=O) groups is 2. The Morgan fingerprint density at radius 2 is 2.03 bits per heavy atom. The number of halogens is 2. The zero-order valence-electron chi connectivity index (χ0n) is 20.0. The minimum absolute atomic E-state index is 0.116. The van der Waals surface area contributed by atoms with Crippen LogP contribution in [0.5, 0.6) is 0 Å². The Balaban J connectivity index is 1.41. The van der Waals surface area contributed by atoms with Crippen molar-refractivity contribution in [3.63, 3.8) is 0 Å². The van der Waals surface area contributed by atoms with Gasteiger partial charge in [0, 0.05) is 63.4 Å². The minimum atomic E-state index is -2.62. The highest BCUT2D eigenvalue weighted by Crippen LogP contribution is 2.27. The molecule has 2 heterocycles. The maximum Gasteiger partial charge on any atom is 0.410 e. The normalized spacial score (nSPS) is 22.5. The summed E-state index contributed by atoms with van der Waals surface area (Å²) in [7, 11) is 0. The lowest BCUT2D eigenvalue weighted by Gasteiger charge is -2.39. The van der Waals surface area contributed by atoms with Gasteiger partial charge < -0.3 is 20.3 Å². The molecule has 0 bridgehead atoms. The van der Waals surface area contributed by atoms with Crippen molar-refractivity contribution >= 4 is 12.0 Å². The van der Waals surface area contributed by atoms with E-state index in [4.69, 9.17) is 4.74 Å². The second-order valence-electron chi connectivity index (χ2n) is 10.1. The first-order valence-electron chi connectivity index (χ1n) is 11.6. The number of alkyl halides is 2. The molecule has 0 aromatic rings. The summed E-state index contributed by atoms with van der Waals surface area (Å²) in [5.41, 5.74) is 2.04. The molecule has 3 aliphatic rings. The second-order valence-corrected chi connectivity index (χ2v) is 10.1. The van der Waals surface area contributed by atoms with Gasteiger partial charge in [0.1, 0.15) is 5.60 Å². The van der Waals surface area contributed by atoms with Crippen LogP contribution in [-0.2, 0) is 9.53 Å². The van der Waals surface area contributed by atoms with E-state index < -0.39 is 11.5 Å². The Labute approximate surface area is 194 Å². The van der Waals surface area contributed by atoms with Crippen molar-refractivity contribution in [2.24, 2.45) is 5.92 Å². The fourth-order valence-corrected chi connectivity index (χ4v) is 4.11. The number of allylic oxidation sites excluding steroid dienone is 3. The molecule has 2 aliphatic heterocycles. The topological polar surface area (TPSA) is 73.9 Å². The van der Waals surface area contributed by atoms with Crippen molar-refractivity contribution in [2.75, 3.05) is 45.8 Å². The molecule has 33 heavy (non-hydrogen) atoms. The Morgan fingerprint density at radius 1 is 1.30 bits per heavy atom. The van der Waals surface area contributed by atoms with Gasteiger partial charge in [-0.15, -0.1) is 0 Å². The van der Waals surface area contributed by atoms with E-state index in [0.717, 1.165) is 24.1 Å². The standard InChI is InChI=1S/C24H36F2N4O3/c1-17-19(13-27-12-18-14-30(15-18)22(32)33-23(2,3)4)6-5-7-20(17)21(31)28-9-11-29-10-8-24(25,26)16-29/h5,7,13,18,27H,6,8-12,14-16H2,1-4H3,(H,28,31)/b19-13+. The fraction of sp³-hybridized carbons (Fsp3) is 0.667. The van der Waals surface area contributed by atoms with Gasteiger partial charge in [0.05, 0.1) is 6.54 Å². The van der Waals surface area contributed by atoms with E-state index in [9.17, 15) is 18.4 Å². The molecule has 184 valence electrons. The summed E-state index contributed by atoms with van der Waals surface area (Å²) in [6.45, 7) is 10.4. The van der Waals surface area contributed by atoms with Gasteiger partial charge in [0.2, 0.25) is 0 Å². The van der Waals surface area contributed by atoms with Crippen molar-refractivity contribution < 1.29 is 23.1 Å². The Morgan fingerprint density at radius 3 is 2.67 bits per heavy atom. The number of likely N-dealkylation sites (tertiary alicyclic amines) is 2. The first-order chi connectivity index (χ1) is 15.4. The smallest absolute Gasteiger partial charge is 0.410 e. The largest absolute Gasteiger partial charge is 0.444 e. The predicted molar refractivity (Wildman–Crippen MR) is 123 cm³/mol. The van der Waals surface area contributed by atoms with Crippen molar-refractivity contribution in [1.29, 1.82) is 0 Å². The van der Waals surface area contributed by atoms with Crippen molar-refractivity contribution in [3.8, 4) is 0 Å². The van der Waals surface area contributed by atoms with Crippen LogP contribution in [0.25, 0.3) is 0 Å². The molecule has 0 aromatic carbocycles. The molecule has 2 N–H and O–H groups in total. The van der Waals surface area contributed by atoms with Crippen LogP contribution in [0, 0.1) is 5.92 Å². The third-order valence-electron chi connectivity index (χ3n) is 6.01. The first kappa shape index (κ1) is 25.2. The van der Waals surface area contributed by atoms with E-state index in [1.165, 1.54) is 0 Å². The predicted octanol–water partition coefficient (Wildman–Crippen LogP) is 3.06. The average Bonchev–Trinajstić information content (AvgIpc) is 3.01. The molecule has 0 aromatic heterocycles. The van der Waals surface area contributed by atoms with E-state index in [1.807, 2.05) is 46.0 Å². The van der Waals surface area contributed by atoms with Gasteiger partial charge in [-0.2, -0.15) is 0 Å². The van der Waals surface area contributed by atoms with E-state index in [-0.39, 0.29) is 25.0 Å². The van der Waals surface area contributed by atoms with Crippen molar-refractivity contribution in [1.82, 2.24) is 20.4 Å². The number of nitrogens with zero attached hydrogens (tertiary/aromatic N) is 2. The SMILES string of the molecule is CC1=C(C(=O)NCCN2CCC(F)(F)C2)C=CC/C1=C\NCC1CN(C(=O)OC(C)(C)C)C1. The van der Waals surface area contributed by atoms with E-state index in [1.54, 1.807) is 9.80 Å². The number of carbonyl (C=O) groups excluding carboxylic acids is 2. The highest BCUT2D eigenvalue weighted by molar-refractivity contribution is 5.98. The Kier molecular flexibility index (Phi) is 7.82. The molecular formula is C24H36F2N4O3. The molecule has 0 spiro atoms. The van der Waals surface area contributed by atoms with Crippen LogP contribution >= 0.6 is 0 Å². The molecule has 2 amide bonds. The Bertz CT molecular complexity index is 839. The van der Waals surface area contributed by atoms with E-state index >= 15 is 0 Å². The van der Waals surface area contributed by atoms with Crippen LogP contribution in [0.3, 0.4) is 0 Å². The van der Waals surface area contributed by atoms with Gasteiger partial charge >= 0.3 is 6.09 Å². The quantitative estimate of drug-likeness (QED) is 0.603. The molecule has 9 heteroatoms. The number of amides is 2. The molecule has 0 saturated carbocycles. The maximum atomic E-state index is 13.3. The molecule has 7 nitrogen and oxygen atoms in total. The number of nitrogens with one attached hydrogen (secondary N) is 2. The van der Waals surface area contributed by atoms with Crippen LogP contribution in [0.4, 0.5) is 13.6 Å².